The van der Waals surface area contributed by atoms with Crippen LogP contribution in [0.4, 0.5) is 0 Å². The third-order valence-electron chi connectivity index (χ3n) is 5.78. The van der Waals surface area contributed by atoms with Gasteiger partial charge in [0.05, 0.1) is 41.9 Å². The van der Waals surface area contributed by atoms with Crippen LogP contribution in [0, 0.1) is 0 Å². The van der Waals surface area contributed by atoms with E-state index in [0.717, 1.165) is 22.2 Å². The summed E-state index contributed by atoms with van der Waals surface area (Å²) < 4.78 is 5.67. The van der Waals surface area contributed by atoms with E-state index in [0.29, 0.717) is 28.9 Å². The van der Waals surface area contributed by atoms with E-state index in [1.807, 2.05) is 66.7 Å². The predicted molar refractivity (Wildman–Crippen MR) is 139 cm³/mol. The van der Waals surface area contributed by atoms with E-state index in [9.17, 15) is 14.7 Å². The van der Waals surface area contributed by atoms with E-state index in [2.05, 4.69) is 20.8 Å². The molecule has 1 atom stereocenters. The molecule has 0 fully saturated rings. The molecule has 0 aliphatic carbocycles. The van der Waals surface area contributed by atoms with E-state index in [1.54, 1.807) is 12.1 Å². The van der Waals surface area contributed by atoms with Crippen molar-refractivity contribution < 1.29 is 19.4 Å². The lowest BCUT2D eigenvalue weighted by Crippen LogP contribution is -2.31. The summed E-state index contributed by atoms with van der Waals surface area (Å²) >= 11 is 0. The zero-order chi connectivity index (χ0) is 25.5. The fraction of sp³-hybridized carbons (Fsp3) is 0.179. The number of nitrogens with zero attached hydrogens (tertiary/aromatic N) is 1. The topological polar surface area (TPSA) is 116 Å². The number of benzene rings is 3. The van der Waals surface area contributed by atoms with Crippen molar-refractivity contribution in [2.75, 3.05) is 13.7 Å². The molecule has 0 saturated heterocycles. The average Bonchev–Trinajstić information content (AvgIpc) is 3.32. The van der Waals surface area contributed by atoms with Crippen LogP contribution in [0.15, 0.2) is 66.7 Å². The Labute approximate surface area is 209 Å². The molecule has 184 valence electrons. The molecule has 1 heterocycles. The summed E-state index contributed by atoms with van der Waals surface area (Å²) in [6.07, 6.45) is 3.76. The number of hydrogen-bond donors (Lipinski definition) is 4. The molecule has 8 nitrogen and oxygen atoms in total. The monoisotopic (exact) mass is 484 g/mol. The van der Waals surface area contributed by atoms with Crippen LogP contribution in [0.1, 0.15) is 45.7 Å². The van der Waals surface area contributed by atoms with E-state index in [1.165, 1.54) is 14.0 Å². The van der Waals surface area contributed by atoms with E-state index >= 15 is 0 Å². The quantitative estimate of drug-likeness (QED) is 0.288. The first-order valence-electron chi connectivity index (χ1n) is 11.5. The number of rotatable bonds is 9. The smallest absolute Gasteiger partial charge is 0.255 e. The minimum Gasteiger partial charge on any atom is -0.495 e. The zero-order valence-corrected chi connectivity index (χ0v) is 20.1. The van der Waals surface area contributed by atoms with Crippen molar-refractivity contribution in [1.29, 1.82) is 0 Å². The number of H-pyrrole nitrogens is 1. The van der Waals surface area contributed by atoms with E-state index in [4.69, 9.17) is 4.74 Å². The van der Waals surface area contributed by atoms with Gasteiger partial charge in [-0.15, -0.1) is 0 Å². The summed E-state index contributed by atoms with van der Waals surface area (Å²) in [7, 11) is 1.51. The number of carbonyl (C=O) groups is 2. The maximum absolute atomic E-state index is 13.2. The Bertz CT molecular complexity index is 1400. The number of ether oxygens (including phenoxy) is 1. The Balaban J connectivity index is 1.62. The number of amides is 2. The minimum absolute atomic E-state index is 0.0834. The van der Waals surface area contributed by atoms with Crippen LogP contribution >= 0.6 is 0 Å². The van der Waals surface area contributed by atoms with Crippen molar-refractivity contribution in [2.24, 2.45) is 0 Å². The second-order valence-corrected chi connectivity index (χ2v) is 8.29. The predicted octanol–water partition coefficient (Wildman–Crippen LogP) is 3.84. The molecule has 1 unspecified atom stereocenters. The Kier molecular flexibility index (Phi) is 7.77. The molecule has 36 heavy (non-hydrogen) atoms. The number of fused-ring (bicyclic) bond motifs is 1. The van der Waals surface area contributed by atoms with Crippen molar-refractivity contribution in [3.63, 3.8) is 0 Å². The lowest BCUT2D eigenvalue weighted by Gasteiger charge is -2.18. The van der Waals surface area contributed by atoms with E-state index < -0.39 is 6.04 Å². The van der Waals surface area contributed by atoms with Crippen LogP contribution in [-0.2, 0) is 11.3 Å². The second kappa shape index (κ2) is 11.3. The molecule has 0 aliphatic heterocycles. The van der Waals surface area contributed by atoms with Crippen LogP contribution in [-0.4, -0.2) is 40.8 Å². The van der Waals surface area contributed by atoms with Gasteiger partial charge in [0.15, 0.2) is 0 Å². The highest BCUT2D eigenvalue weighted by molar-refractivity contribution is 6.05. The second-order valence-electron chi connectivity index (χ2n) is 8.29. The molecule has 0 spiro atoms. The fourth-order valence-corrected chi connectivity index (χ4v) is 3.98. The maximum Gasteiger partial charge on any atom is 0.255 e. The van der Waals surface area contributed by atoms with Gasteiger partial charge in [-0.25, -0.2) is 0 Å². The van der Waals surface area contributed by atoms with Crippen molar-refractivity contribution in [2.45, 2.75) is 19.5 Å². The van der Waals surface area contributed by atoms with Gasteiger partial charge in [0, 0.05) is 13.5 Å². The summed E-state index contributed by atoms with van der Waals surface area (Å²) in [6.45, 7) is 1.70. The fourth-order valence-electron chi connectivity index (χ4n) is 3.98. The number of carbonyl (C=O) groups excluding carboxylic acids is 2. The normalized spacial score (nSPS) is 12.0. The number of aromatic amines is 1. The van der Waals surface area contributed by atoms with Gasteiger partial charge in [-0.05, 0) is 41.0 Å². The maximum atomic E-state index is 13.2. The first-order valence-corrected chi connectivity index (χ1v) is 11.5. The lowest BCUT2D eigenvalue weighted by molar-refractivity contribution is -0.119. The summed E-state index contributed by atoms with van der Waals surface area (Å²) in [4.78, 5) is 24.4. The van der Waals surface area contributed by atoms with Gasteiger partial charge in [-0.3, -0.25) is 14.7 Å². The van der Waals surface area contributed by atoms with Gasteiger partial charge < -0.3 is 20.5 Å². The molecule has 0 aliphatic rings. The number of hydrogen-bond acceptors (Lipinski definition) is 5. The Morgan fingerprint density at radius 3 is 2.61 bits per heavy atom. The van der Waals surface area contributed by atoms with Crippen LogP contribution in [0.2, 0.25) is 0 Å². The molecule has 1 aromatic heterocycles. The molecule has 8 heteroatoms. The minimum atomic E-state index is -0.549. The molecule has 0 saturated carbocycles. The molecule has 0 radical (unpaired) electrons. The van der Waals surface area contributed by atoms with Gasteiger partial charge in [0.1, 0.15) is 5.75 Å². The van der Waals surface area contributed by atoms with Gasteiger partial charge in [-0.1, -0.05) is 54.6 Å². The highest BCUT2D eigenvalue weighted by Crippen LogP contribution is 2.32. The van der Waals surface area contributed by atoms with Gasteiger partial charge >= 0.3 is 0 Å². The average molecular weight is 485 g/mol. The molecule has 3 aromatic carbocycles. The number of aliphatic hydroxyl groups excluding tert-OH is 1. The van der Waals surface area contributed by atoms with Crippen molar-refractivity contribution in [1.82, 2.24) is 20.8 Å². The van der Waals surface area contributed by atoms with Crippen LogP contribution in [0.5, 0.6) is 5.75 Å². The SMILES string of the molecule is COc1c(C(=O)NC(CO)c2ccccc2)ccc2[nH]nc(C=Cc3cccc(CNC(C)=O)c3)c12. The molecule has 4 rings (SSSR count). The molecule has 0 bridgehead atoms. The molecule has 2 amide bonds. The lowest BCUT2D eigenvalue weighted by atomic mass is 10.0. The standard InChI is InChI=1S/C28H28N4O4/c1-18(34)29-16-20-8-6-7-19(15-20)11-13-23-26-24(32-31-23)14-12-22(27(26)36-2)28(35)30-25(17-33)21-9-4-3-5-10-21/h3-15,25,33H,16-17H2,1-2H3,(H,29,34)(H,30,35)(H,31,32). The summed E-state index contributed by atoms with van der Waals surface area (Å²) in [5.41, 5.74) is 4.41. The van der Waals surface area contributed by atoms with Crippen molar-refractivity contribution in [3.05, 3.63) is 94.7 Å². The van der Waals surface area contributed by atoms with Gasteiger partial charge in [0.2, 0.25) is 5.91 Å². The number of methoxy groups -OCH3 is 1. The van der Waals surface area contributed by atoms with Crippen molar-refractivity contribution >= 4 is 34.9 Å². The first-order chi connectivity index (χ1) is 17.5. The Morgan fingerprint density at radius 2 is 1.89 bits per heavy atom. The molecule has 4 aromatic rings. The zero-order valence-electron chi connectivity index (χ0n) is 20.1. The highest BCUT2D eigenvalue weighted by atomic mass is 16.5. The van der Waals surface area contributed by atoms with Gasteiger partial charge in [0.25, 0.3) is 5.91 Å². The molecular formula is C28H28N4O4. The number of nitrogens with one attached hydrogen (secondary N) is 3. The van der Waals surface area contributed by atoms with E-state index in [-0.39, 0.29) is 18.4 Å². The van der Waals surface area contributed by atoms with Crippen LogP contribution in [0.25, 0.3) is 23.1 Å². The molecular weight excluding hydrogens is 456 g/mol. The number of aromatic nitrogens is 2. The summed E-state index contributed by atoms with van der Waals surface area (Å²) in [6, 6.07) is 20.0. The first kappa shape index (κ1) is 24.7. The Hall–Kier alpha value is -4.43. The largest absolute Gasteiger partial charge is 0.495 e. The third-order valence-corrected chi connectivity index (χ3v) is 5.78. The number of aliphatic hydroxyl groups is 1. The van der Waals surface area contributed by atoms with Gasteiger partial charge in [-0.2, -0.15) is 5.10 Å². The van der Waals surface area contributed by atoms with Crippen molar-refractivity contribution in [3.8, 4) is 5.75 Å². The molecule has 4 N–H and O–H groups in total. The van der Waals surface area contributed by atoms with Crippen LogP contribution < -0.4 is 15.4 Å². The summed E-state index contributed by atoms with van der Waals surface area (Å²) in [5.74, 6) is -0.0547. The highest BCUT2D eigenvalue weighted by Gasteiger charge is 2.21. The summed E-state index contributed by atoms with van der Waals surface area (Å²) in [5, 5.41) is 23.6. The Morgan fingerprint density at radius 1 is 1.08 bits per heavy atom. The van der Waals surface area contributed by atoms with Crippen LogP contribution in [0.3, 0.4) is 0 Å². The third kappa shape index (κ3) is 5.61.